The van der Waals surface area contributed by atoms with Crippen LogP contribution in [0.3, 0.4) is 0 Å². The van der Waals surface area contributed by atoms with Gasteiger partial charge in [-0.15, -0.1) is 0 Å². The van der Waals surface area contributed by atoms with E-state index in [0.29, 0.717) is 17.9 Å². The number of carbonyl (C=O) groups excluding carboxylic acids is 1. The SMILES string of the molecule is CC(CC(=O)N(C)Cc1ccc(OCC(=O)O)cc1)c1ccc(F)cc1F. The Kier molecular flexibility index (Phi) is 6.87. The number of aliphatic carboxylic acids is 1. The number of hydrogen-bond acceptors (Lipinski definition) is 3. The maximum Gasteiger partial charge on any atom is 0.341 e. The second-order valence-electron chi connectivity index (χ2n) is 6.35. The van der Waals surface area contributed by atoms with Crippen LogP contribution in [0.4, 0.5) is 8.78 Å². The molecule has 1 amide bonds. The van der Waals surface area contributed by atoms with E-state index in [4.69, 9.17) is 9.84 Å². The Bertz CT molecular complexity index is 808. The van der Waals surface area contributed by atoms with Crippen LogP contribution in [-0.2, 0) is 16.1 Å². The van der Waals surface area contributed by atoms with Crippen molar-refractivity contribution >= 4 is 11.9 Å². The molecule has 0 heterocycles. The van der Waals surface area contributed by atoms with Gasteiger partial charge in [-0.1, -0.05) is 25.1 Å². The van der Waals surface area contributed by atoms with E-state index in [9.17, 15) is 18.4 Å². The van der Waals surface area contributed by atoms with Gasteiger partial charge in [-0.2, -0.15) is 0 Å². The topological polar surface area (TPSA) is 66.8 Å². The molecule has 1 unspecified atom stereocenters. The first-order chi connectivity index (χ1) is 12.8. The molecule has 0 bridgehead atoms. The van der Waals surface area contributed by atoms with Crippen molar-refractivity contribution in [1.82, 2.24) is 4.90 Å². The summed E-state index contributed by atoms with van der Waals surface area (Å²) < 4.78 is 31.9. The third-order valence-electron chi connectivity index (χ3n) is 4.11. The molecule has 2 aromatic rings. The Hall–Kier alpha value is -2.96. The summed E-state index contributed by atoms with van der Waals surface area (Å²) in [4.78, 5) is 24.4. The highest BCUT2D eigenvalue weighted by Crippen LogP contribution is 2.24. The first-order valence-electron chi connectivity index (χ1n) is 8.38. The van der Waals surface area contributed by atoms with E-state index in [1.54, 1.807) is 38.2 Å². The molecule has 0 fully saturated rings. The zero-order valence-corrected chi connectivity index (χ0v) is 15.1. The van der Waals surface area contributed by atoms with E-state index >= 15 is 0 Å². The molecule has 0 aliphatic carbocycles. The average Bonchev–Trinajstić information content (AvgIpc) is 2.60. The molecule has 1 atom stereocenters. The molecule has 0 saturated heterocycles. The Balaban J connectivity index is 1.92. The molecule has 0 aliphatic rings. The molecular formula is C20H21F2NO4. The number of amides is 1. The van der Waals surface area contributed by atoms with Gasteiger partial charge in [-0.3, -0.25) is 4.79 Å². The second-order valence-corrected chi connectivity index (χ2v) is 6.35. The second kappa shape index (κ2) is 9.12. The van der Waals surface area contributed by atoms with Gasteiger partial charge in [0.05, 0.1) is 0 Å². The Morgan fingerprint density at radius 1 is 1.15 bits per heavy atom. The number of benzene rings is 2. The molecule has 5 nitrogen and oxygen atoms in total. The van der Waals surface area contributed by atoms with Gasteiger partial charge in [0, 0.05) is 26.1 Å². The largest absolute Gasteiger partial charge is 0.482 e. The minimum atomic E-state index is -1.06. The highest BCUT2D eigenvalue weighted by Gasteiger charge is 2.18. The lowest BCUT2D eigenvalue weighted by atomic mass is 9.96. The van der Waals surface area contributed by atoms with Gasteiger partial charge in [0.25, 0.3) is 0 Å². The summed E-state index contributed by atoms with van der Waals surface area (Å²) in [5, 5.41) is 8.58. The number of rotatable bonds is 8. The lowest BCUT2D eigenvalue weighted by Crippen LogP contribution is -2.27. The van der Waals surface area contributed by atoms with Gasteiger partial charge < -0.3 is 14.7 Å². The smallest absolute Gasteiger partial charge is 0.341 e. The van der Waals surface area contributed by atoms with Crippen molar-refractivity contribution in [3.63, 3.8) is 0 Å². The molecule has 1 N–H and O–H groups in total. The van der Waals surface area contributed by atoms with Gasteiger partial charge in [-0.25, -0.2) is 13.6 Å². The number of ether oxygens (including phenoxy) is 1. The fourth-order valence-electron chi connectivity index (χ4n) is 2.63. The van der Waals surface area contributed by atoms with Crippen LogP contribution < -0.4 is 4.74 Å². The Labute approximate surface area is 156 Å². The maximum atomic E-state index is 13.8. The highest BCUT2D eigenvalue weighted by molar-refractivity contribution is 5.76. The van der Waals surface area contributed by atoms with Gasteiger partial charge in [0.1, 0.15) is 17.4 Å². The van der Waals surface area contributed by atoms with E-state index in [1.165, 1.54) is 17.0 Å². The van der Waals surface area contributed by atoms with Crippen LogP contribution in [0.15, 0.2) is 42.5 Å². The first kappa shape index (κ1) is 20.4. The van der Waals surface area contributed by atoms with Crippen molar-refractivity contribution in [3.8, 4) is 5.75 Å². The van der Waals surface area contributed by atoms with Gasteiger partial charge in [-0.05, 0) is 35.2 Å². The molecule has 7 heteroatoms. The van der Waals surface area contributed by atoms with Crippen molar-refractivity contribution < 1.29 is 28.2 Å². The predicted molar refractivity (Wildman–Crippen MR) is 95.4 cm³/mol. The molecule has 0 saturated carbocycles. The summed E-state index contributed by atoms with van der Waals surface area (Å²) in [5.41, 5.74) is 1.15. The van der Waals surface area contributed by atoms with Gasteiger partial charge in [0.2, 0.25) is 5.91 Å². The van der Waals surface area contributed by atoms with Crippen LogP contribution in [0.1, 0.15) is 30.4 Å². The average molecular weight is 377 g/mol. The molecular weight excluding hydrogens is 356 g/mol. The quantitative estimate of drug-likeness (QED) is 0.764. The van der Waals surface area contributed by atoms with Crippen molar-refractivity contribution in [2.24, 2.45) is 0 Å². The fourth-order valence-corrected chi connectivity index (χ4v) is 2.63. The normalized spacial score (nSPS) is 11.7. The number of carbonyl (C=O) groups is 2. The Morgan fingerprint density at radius 2 is 1.81 bits per heavy atom. The summed E-state index contributed by atoms with van der Waals surface area (Å²) >= 11 is 0. The molecule has 144 valence electrons. The van der Waals surface area contributed by atoms with E-state index < -0.39 is 24.2 Å². The highest BCUT2D eigenvalue weighted by atomic mass is 19.1. The maximum absolute atomic E-state index is 13.8. The van der Waals surface area contributed by atoms with Crippen molar-refractivity contribution in [1.29, 1.82) is 0 Å². The summed E-state index contributed by atoms with van der Waals surface area (Å²) in [7, 11) is 1.64. The fraction of sp³-hybridized carbons (Fsp3) is 0.300. The van der Waals surface area contributed by atoms with Gasteiger partial charge in [0.15, 0.2) is 6.61 Å². The number of carboxylic acid groups (broad SMARTS) is 1. The summed E-state index contributed by atoms with van der Waals surface area (Å²) in [5.74, 6) is -2.49. The minimum absolute atomic E-state index is 0.0961. The van der Waals surface area contributed by atoms with E-state index in [-0.39, 0.29) is 18.2 Å². The summed E-state index contributed by atoms with van der Waals surface area (Å²) in [6.07, 6.45) is 0.0961. The van der Waals surface area contributed by atoms with E-state index in [0.717, 1.165) is 11.6 Å². The third-order valence-corrected chi connectivity index (χ3v) is 4.11. The molecule has 2 aromatic carbocycles. The molecule has 0 aliphatic heterocycles. The minimum Gasteiger partial charge on any atom is -0.482 e. The van der Waals surface area contributed by atoms with Crippen LogP contribution in [-0.4, -0.2) is 35.5 Å². The summed E-state index contributed by atoms with van der Waals surface area (Å²) in [6, 6.07) is 10.1. The zero-order chi connectivity index (χ0) is 20.0. The van der Waals surface area contributed by atoms with Crippen molar-refractivity contribution in [2.45, 2.75) is 25.8 Å². The molecule has 2 rings (SSSR count). The first-order valence-corrected chi connectivity index (χ1v) is 8.38. The molecule has 0 spiro atoms. The van der Waals surface area contributed by atoms with Crippen LogP contribution in [0.5, 0.6) is 5.75 Å². The predicted octanol–water partition coefficient (Wildman–Crippen LogP) is 3.58. The number of nitrogens with zero attached hydrogens (tertiary/aromatic N) is 1. The van der Waals surface area contributed by atoms with Crippen LogP contribution >= 0.6 is 0 Å². The summed E-state index contributed by atoms with van der Waals surface area (Å²) in [6.45, 7) is 1.64. The lowest BCUT2D eigenvalue weighted by molar-refractivity contribution is -0.139. The number of hydrogen-bond donors (Lipinski definition) is 1. The monoisotopic (exact) mass is 377 g/mol. The van der Waals surface area contributed by atoms with Crippen LogP contribution in [0.25, 0.3) is 0 Å². The zero-order valence-electron chi connectivity index (χ0n) is 15.1. The van der Waals surface area contributed by atoms with Crippen molar-refractivity contribution in [3.05, 3.63) is 65.2 Å². The van der Waals surface area contributed by atoms with Gasteiger partial charge >= 0.3 is 5.97 Å². The van der Waals surface area contributed by atoms with E-state index in [1.807, 2.05) is 0 Å². The molecule has 0 radical (unpaired) electrons. The number of halogens is 2. The molecule has 27 heavy (non-hydrogen) atoms. The number of carboxylic acids is 1. The molecule has 0 aromatic heterocycles. The van der Waals surface area contributed by atoms with Crippen LogP contribution in [0, 0.1) is 11.6 Å². The van der Waals surface area contributed by atoms with Crippen molar-refractivity contribution in [2.75, 3.05) is 13.7 Å². The lowest BCUT2D eigenvalue weighted by Gasteiger charge is -2.20. The standard InChI is InChI=1S/C20H21F2NO4/c1-13(17-8-5-15(21)10-18(17)22)9-19(24)23(2)11-14-3-6-16(7-4-14)27-12-20(25)26/h3-8,10,13H,9,11-12H2,1-2H3,(H,25,26). The van der Waals surface area contributed by atoms with Crippen LogP contribution in [0.2, 0.25) is 0 Å². The Morgan fingerprint density at radius 3 is 2.41 bits per heavy atom. The third kappa shape index (κ3) is 6.06. The van der Waals surface area contributed by atoms with E-state index in [2.05, 4.69) is 0 Å².